The van der Waals surface area contributed by atoms with Crippen LogP contribution in [0.3, 0.4) is 0 Å². The largest absolute Gasteiger partial charge is 0.468 e. The topological polar surface area (TPSA) is 38.8 Å². The second-order valence-electron chi connectivity index (χ2n) is 4.88. The number of rotatable bonds is 4. The van der Waals surface area contributed by atoms with Crippen LogP contribution in [0.1, 0.15) is 12.5 Å². The van der Waals surface area contributed by atoms with Gasteiger partial charge in [-0.3, -0.25) is 9.69 Å². The molecular weight excluding hydrogens is 242 g/mol. The molecule has 2 rings (SSSR count). The Bertz CT molecular complexity index is 407. The molecule has 2 atom stereocenters. The lowest BCUT2D eigenvalue weighted by atomic mass is 10.1. The Hall–Kier alpha value is -1.39. The minimum atomic E-state index is -0.202. The average Bonchev–Trinajstić information content (AvgIpc) is 2.47. The van der Waals surface area contributed by atoms with Crippen LogP contribution in [0, 0.1) is 0 Å². The molecule has 0 spiro atoms. The van der Waals surface area contributed by atoms with Crippen LogP contribution in [-0.2, 0) is 20.7 Å². The Kier molecular flexibility index (Phi) is 4.93. The first-order valence-corrected chi connectivity index (χ1v) is 6.68. The summed E-state index contributed by atoms with van der Waals surface area (Å²) in [6.45, 7) is 4.10. The highest BCUT2D eigenvalue weighted by molar-refractivity contribution is 5.75. The molecule has 0 bridgehead atoms. The fourth-order valence-electron chi connectivity index (χ4n) is 2.41. The van der Waals surface area contributed by atoms with E-state index in [2.05, 4.69) is 17.0 Å². The van der Waals surface area contributed by atoms with Crippen LogP contribution in [0.2, 0.25) is 0 Å². The third-order valence-corrected chi connectivity index (χ3v) is 3.57. The lowest BCUT2D eigenvalue weighted by Gasteiger charge is -2.35. The Morgan fingerprint density at radius 2 is 2.21 bits per heavy atom. The summed E-state index contributed by atoms with van der Waals surface area (Å²) in [5, 5.41) is 0. The Labute approximate surface area is 114 Å². The van der Waals surface area contributed by atoms with Gasteiger partial charge < -0.3 is 9.47 Å². The van der Waals surface area contributed by atoms with Crippen LogP contribution in [0.4, 0.5) is 0 Å². The van der Waals surface area contributed by atoms with Gasteiger partial charge in [0.2, 0.25) is 0 Å². The zero-order valence-electron chi connectivity index (χ0n) is 11.5. The molecule has 1 heterocycles. The molecule has 4 nitrogen and oxygen atoms in total. The fraction of sp³-hybridized carbons (Fsp3) is 0.533. The van der Waals surface area contributed by atoms with Gasteiger partial charge in [-0.25, -0.2) is 0 Å². The van der Waals surface area contributed by atoms with Crippen LogP contribution >= 0.6 is 0 Å². The predicted octanol–water partition coefficient (Wildman–Crippen LogP) is 1.49. The van der Waals surface area contributed by atoms with Crippen molar-refractivity contribution in [2.45, 2.75) is 25.5 Å². The first kappa shape index (κ1) is 14.0. The summed E-state index contributed by atoms with van der Waals surface area (Å²) in [6.07, 6.45) is 1.02. The van der Waals surface area contributed by atoms with Gasteiger partial charge in [-0.1, -0.05) is 30.3 Å². The molecule has 0 aromatic heterocycles. The number of nitrogens with zero attached hydrogens (tertiary/aromatic N) is 1. The summed E-state index contributed by atoms with van der Waals surface area (Å²) in [4.78, 5) is 13.7. The van der Waals surface area contributed by atoms with E-state index in [1.807, 2.05) is 25.1 Å². The average molecular weight is 263 g/mol. The normalized spacial score (nSPS) is 21.9. The van der Waals surface area contributed by atoms with Gasteiger partial charge in [-0.15, -0.1) is 0 Å². The lowest BCUT2D eigenvalue weighted by Crippen LogP contribution is -2.50. The Morgan fingerprint density at radius 3 is 2.89 bits per heavy atom. The molecule has 0 unspecified atom stereocenters. The molecule has 104 valence electrons. The maximum Gasteiger partial charge on any atom is 0.322 e. The summed E-state index contributed by atoms with van der Waals surface area (Å²) in [6, 6.07) is 10.1. The molecule has 19 heavy (non-hydrogen) atoms. The molecule has 1 aliphatic rings. The van der Waals surface area contributed by atoms with Crippen molar-refractivity contribution in [2.75, 3.05) is 26.8 Å². The minimum absolute atomic E-state index is 0.142. The third kappa shape index (κ3) is 3.78. The van der Waals surface area contributed by atoms with E-state index in [4.69, 9.17) is 9.47 Å². The van der Waals surface area contributed by atoms with Crippen LogP contribution in [0.25, 0.3) is 0 Å². The number of carbonyl (C=O) groups is 1. The second kappa shape index (κ2) is 6.68. The van der Waals surface area contributed by atoms with E-state index in [9.17, 15) is 4.79 Å². The maximum absolute atomic E-state index is 11.6. The summed E-state index contributed by atoms with van der Waals surface area (Å²) in [5.41, 5.74) is 1.26. The van der Waals surface area contributed by atoms with Crippen molar-refractivity contribution in [3.63, 3.8) is 0 Å². The molecule has 1 aromatic carbocycles. The van der Waals surface area contributed by atoms with Crippen molar-refractivity contribution < 1.29 is 14.3 Å². The van der Waals surface area contributed by atoms with Crippen LogP contribution in [0.15, 0.2) is 30.3 Å². The molecular formula is C15H21NO3. The molecule has 0 N–H and O–H groups in total. The van der Waals surface area contributed by atoms with E-state index in [1.54, 1.807) is 0 Å². The van der Waals surface area contributed by atoms with Gasteiger partial charge >= 0.3 is 5.97 Å². The summed E-state index contributed by atoms with van der Waals surface area (Å²) in [7, 11) is 1.43. The number of hydrogen-bond donors (Lipinski definition) is 0. The SMILES string of the molecule is COC(=O)[C@@H](C)N1CCO[C@@H](Cc2ccccc2)C1. The van der Waals surface area contributed by atoms with Crippen LogP contribution < -0.4 is 0 Å². The van der Waals surface area contributed by atoms with Gasteiger partial charge in [-0.2, -0.15) is 0 Å². The zero-order valence-corrected chi connectivity index (χ0v) is 11.5. The molecule has 1 aliphatic heterocycles. The molecule has 1 saturated heterocycles. The standard InChI is InChI=1S/C15H21NO3/c1-12(15(17)18-2)16-8-9-19-14(11-16)10-13-6-4-3-5-7-13/h3-7,12,14H,8-11H2,1-2H3/t12-,14+/m1/s1. The first-order chi connectivity index (χ1) is 9.20. The molecule has 4 heteroatoms. The van der Waals surface area contributed by atoms with E-state index >= 15 is 0 Å². The minimum Gasteiger partial charge on any atom is -0.468 e. The third-order valence-electron chi connectivity index (χ3n) is 3.57. The van der Waals surface area contributed by atoms with Gasteiger partial charge in [0, 0.05) is 13.1 Å². The number of methoxy groups -OCH3 is 1. The quantitative estimate of drug-likeness (QED) is 0.772. The van der Waals surface area contributed by atoms with Crippen molar-refractivity contribution in [1.82, 2.24) is 4.90 Å². The smallest absolute Gasteiger partial charge is 0.322 e. The second-order valence-corrected chi connectivity index (χ2v) is 4.88. The van der Waals surface area contributed by atoms with E-state index in [-0.39, 0.29) is 18.1 Å². The van der Waals surface area contributed by atoms with E-state index < -0.39 is 0 Å². The van der Waals surface area contributed by atoms with E-state index in [1.165, 1.54) is 12.7 Å². The monoisotopic (exact) mass is 263 g/mol. The van der Waals surface area contributed by atoms with Crippen molar-refractivity contribution >= 4 is 5.97 Å². The van der Waals surface area contributed by atoms with Crippen molar-refractivity contribution in [1.29, 1.82) is 0 Å². The molecule has 0 amide bonds. The van der Waals surface area contributed by atoms with Crippen molar-refractivity contribution in [3.05, 3.63) is 35.9 Å². The summed E-state index contributed by atoms with van der Waals surface area (Å²) >= 11 is 0. The number of esters is 1. The van der Waals surface area contributed by atoms with E-state index in [0.29, 0.717) is 6.61 Å². The van der Waals surface area contributed by atoms with Gasteiger partial charge in [-0.05, 0) is 18.9 Å². The number of morpholine rings is 1. The van der Waals surface area contributed by atoms with Crippen molar-refractivity contribution in [2.24, 2.45) is 0 Å². The highest BCUT2D eigenvalue weighted by Gasteiger charge is 2.28. The fourth-order valence-corrected chi connectivity index (χ4v) is 2.41. The number of hydrogen-bond acceptors (Lipinski definition) is 4. The number of benzene rings is 1. The number of carbonyl (C=O) groups excluding carboxylic acids is 1. The summed E-state index contributed by atoms with van der Waals surface area (Å²) in [5.74, 6) is -0.180. The van der Waals surface area contributed by atoms with Crippen LogP contribution in [0.5, 0.6) is 0 Å². The lowest BCUT2D eigenvalue weighted by molar-refractivity contribution is -0.149. The predicted molar refractivity (Wildman–Crippen MR) is 72.9 cm³/mol. The zero-order chi connectivity index (χ0) is 13.7. The molecule has 0 aliphatic carbocycles. The molecule has 0 radical (unpaired) electrons. The molecule has 1 aromatic rings. The van der Waals surface area contributed by atoms with Gasteiger partial charge in [0.1, 0.15) is 6.04 Å². The van der Waals surface area contributed by atoms with Gasteiger partial charge in [0.15, 0.2) is 0 Å². The Morgan fingerprint density at radius 1 is 1.47 bits per heavy atom. The van der Waals surface area contributed by atoms with Crippen LogP contribution in [-0.4, -0.2) is 49.8 Å². The maximum atomic E-state index is 11.6. The van der Waals surface area contributed by atoms with Crippen molar-refractivity contribution in [3.8, 4) is 0 Å². The highest BCUT2D eigenvalue weighted by atomic mass is 16.5. The molecule has 0 saturated carbocycles. The highest BCUT2D eigenvalue weighted by Crippen LogP contribution is 2.14. The van der Waals surface area contributed by atoms with E-state index in [0.717, 1.165) is 19.5 Å². The summed E-state index contributed by atoms with van der Waals surface area (Å²) < 4.78 is 10.6. The van der Waals surface area contributed by atoms with Gasteiger partial charge in [0.25, 0.3) is 0 Å². The number of ether oxygens (including phenoxy) is 2. The first-order valence-electron chi connectivity index (χ1n) is 6.68. The molecule has 1 fully saturated rings. The Balaban J connectivity index is 1.92. The van der Waals surface area contributed by atoms with Gasteiger partial charge in [0.05, 0.1) is 19.8 Å².